The number of nitrogens with zero attached hydrogens (tertiary/aromatic N) is 3. The number of benzene rings is 2. The number of rotatable bonds is 5. The Bertz CT molecular complexity index is 1030. The van der Waals surface area contributed by atoms with Crippen LogP contribution in [0.2, 0.25) is 5.02 Å². The van der Waals surface area contributed by atoms with Crippen molar-refractivity contribution in [1.82, 2.24) is 9.78 Å². The molecule has 1 aliphatic rings. The first kappa shape index (κ1) is 18.2. The quantitative estimate of drug-likeness (QED) is 0.709. The minimum atomic E-state index is -0.756. The maximum atomic E-state index is 13.0. The number of carbonyl (C=O) groups is 1. The van der Waals surface area contributed by atoms with Crippen LogP contribution in [-0.2, 0) is 16.2 Å². The highest BCUT2D eigenvalue weighted by atomic mass is 35.5. The number of carbonyl (C=O) groups excluding carboxylic acids is 1. The van der Waals surface area contributed by atoms with E-state index in [4.69, 9.17) is 16.4 Å². The molecule has 6 nitrogen and oxygen atoms in total. The number of hydrogen-bond donors (Lipinski definition) is 1. The molecule has 1 atom stereocenters. The largest absolute Gasteiger partial charge is 0.382 e. The Labute approximate surface area is 165 Å². The second-order valence-corrected chi connectivity index (χ2v) is 6.73. The van der Waals surface area contributed by atoms with Crippen LogP contribution in [-0.4, -0.2) is 27.5 Å². The SMILES string of the molecule is O=C(Nc1ccn(Cc2ccccc2Cl)n1)C1CC(c2ccc(F)cc2)=NO1. The third-order valence-electron chi connectivity index (χ3n) is 4.32. The van der Waals surface area contributed by atoms with Gasteiger partial charge in [-0.05, 0) is 29.3 Å². The molecule has 0 fully saturated rings. The first-order valence-electron chi connectivity index (χ1n) is 8.65. The fourth-order valence-corrected chi connectivity index (χ4v) is 3.05. The molecule has 0 saturated heterocycles. The molecule has 2 aromatic carbocycles. The van der Waals surface area contributed by atoms with Gasteiger partial charge in [-0.3, -0.25) is 9.48 Å². The molecule has 0 aliphatic carbocycles. The minimum absolute atomic E-state index is 0.303. The zero-order chi connectivity index (χ0) is 19.5. The molecule has 3 aromatic rings. The number of aromatic nitrogens is 2. The van der Waals surface area contributed by atoms with Crippen LogP contribution in [0.4, 0.5) is 10.2 Å². The molecule has 1 amide bonds. The molecule has 0 radical (unpaired) electrons. The first-order chi connectivity index (χ1) is 13.6. The van der Waals surface area contributed by atoms with Crippen molar-refractivity contribution >= 4 is 29.0 Å². The molecule has 1 unspecified atom stereocenters. The van der Waals surface area contributed by atoms with E-state index in [-0.39, 0.29) is 11.7 Å². The Kier molecular flexibility index (Phi) is 5.08. The fraction of sp³-hybridized carbons (Fsp3) is 0.150. The number of amides is 1. The van der Waals surface area contributed by atoms with E-state index in [1.165, 1.54) is 12.1 Å². The van der Waals surface area contributed by atoms with Gasteiger partial charge in [0.1, 0.15) is 5.82 Å². The van der Waals surface area contributed by atoms with Gasteiger partial charge in [-0.2, -0.15) is 5.10 Å². The summed E-state index contributed by atoms with van der Waals surface area (Å²) in [6.45, 7) is 0.493. The van der Waals surface area contributed by atoms with E-state index in [9.17, 15) is 9.18 Å². The van der Waals surface area contributed by atoms with Crippen molar-refractivity contribution < 1.29 is 14.0 Å². The predicted molar refractivity (Wildman–Crippen MR) is 104 cm³/mol. The van der Waals surface area contributed by atoms with E-state index < -0.39 is 6.10 Å². The maximum Gasteiger partial charge on any atom is 0.269 e. The van der Waals surface area contributed by atoms with Gasteiger partial charge in [0, 0.05) is 23.7 Å². The topological polar surface area (TPSA) is 68.5 Å². The van der Waals surface area contributed by atoms with E-state index in [0.717, 1.165) is 11.1 Å². The zero-order valence-corrected chi connectivity index (χ0v) is 15.4. The Morgan fingerprint density at radius 2 is 2.00 bits per heavy atom. The number of halogens is 2. The average Bonchev–Trinajstić information content (AvgIpc) is 3.34. The molecule has 4 rings (SSSR count). The number of nitrogens with one attached hydrogen (secondary N) is 1. The second-order valence-electron chi connectivity index (χ2n) is 6.32. The summed E-state index contributed by atoms with van der Waals surface area (Å²) in [6.07, 6.45) is 1.31. The summed E-state index contributed by atoms with van der Waals surface area (Å²) in [7, 11) is 0. The molecule has 28 heavy (non-hydrogen) atoms. The molecule has 1 aliphatic heterocycles. The van der Waals surface area contributed by atoms with Crippen molar-refractivity contribution in [3.8, 4) is 0 Å². The van der Waals surface area contributed by atoms with Crippen molar-refractivity contribution in [1.29, 1.82) is 0 Å². The number of oxime groups is 1. The summed E-state index contributed by atoms with van der Waals surface area (Å²) in [6, 6.07) is 15.1. The monoisotopic (exact) mass is 398 g/mol. The lowest BCUT2D eigenvalue weighted by atomic mass is 10.0. The van der Waals surface area contributed by atoms with Crippen LogP contribution in [0.15, 0.2) is 65.9 Å². The number of hydrogen-bond acceptors (Lipinski definition) is 4. The third kappa shape index (κ3) is 4.04. The number of anilines is 1. The van der Waals surface area contributed by atoms with Crippen LogP contribution >= 0.6 is 11.6 Å². The molecule has 0 saturated carbocycles. The molecule has 0 spiro atoms. The molecular formula is C20H16ClFN4O2. The lowest BCUT2D eigenvalue weighted by Gasteiger charge is -2.07. The molecule has 142 valence electrons. The smallest absolute Gasteiger partial charge is 0.269 e. The average molecular weight is 399 g/mol. The Morgan fingerprint density at radius 3 is 2.79 bits per heavy atom. The van der Waals surface area contributed by atoms with E-state index in [1.807, 2.05) is 24.3 Å². The molecule has 0 bridgehead atoms. The molecular weight excluding hydrogens is 383 g/mol. The van der Waals surface area contributed by atoms with E-state index in [2.05, 4.69) is 15.6 Å². The standard InChI is InChI=1S/C20H16ClFN4O2/c21-16-4-2-1-3-14(16)12-26-10-9-19(24-26)23-20(27)18-11-17(25-28-18)13-5-7-15(22)8-6-13/h1-10,18H,11-12H2,(H,23,24,27). The van der Waals surface area contributed by atoms with E-state index in [0.29, 0.717) is 29.5 Å². The van der Waals surface area contributed by atoms with Gasteiger partial charge in [-0.25, -0.2) is 4.39 Å². The summed E-state index contributed by atoms with van der Waals surface area (Å²) in [5.41, 5.74) is 2.26. The van der Waals surface area contributed by atoms with Crippen molar-refractivity contribution in [2.75, 3.05) is 5.32 Å². The first-order valence-corrected chi connectivity index (χ1v) is 9.02. The van der Waals surface area contributed by atoms with Crippen molar-refractivity contribution in [2.45, 2.75) is 19.1 Å². The summed E-state index contributed by atoms with van der Waals surface area (Å²) in [5.74, 6) is -0.260. The van der Waals surface area contributed by atoms with Gasteiger partial charge in [0.15, 0.2) is 5.82 Å². The zero-order valence-electron chi connectivity index (χ0n) is 14.7. The molecule has 2 heterocycles. The lowest BCUT2D eigenvalue weighted by Crippen LogP contribution is -2.28. The van der Waals surface area contributed by atoms with Crippen molar-refractivity contribution in [3.05, 3.63) is 82.8 Å². The van der Waals surface area contributed by atoms with Crippen molar-refractivity contribution in [3.63, 3.8) is 0 Å². The van der Waals surface area contributed by atoms with Crippen LogP contribution in [0, 0.1) is 5.82 Å². The van der Waals surface area contributed by atoms with Crippen LogP contribution in [0.5, 0.6) is 0 Å². The predicted octanol–water partition coefficient (Wildman–Crippen LogP) is 3.86. The summed E-state index contributed by atoms with van der Waals surface area (Å²) < 4.78 is 14.7. The molecule has 8 heteroatoms. The van der Waals surface area contributed by atoms with Crippen LogP contribution in [0.3, 0.4) is 0 Å². The highest BCUT2D eigenvalue weighted by Gasteiger charge is 2.29. The van der Waals surface area contributed by atoms with Crippen LogP contribution in [0.1, 0.15) is 17.5 Å². The Balaban J connectivity index is 1.35. The summed E-state index contributed by atoms with van der Waals surface area (Å²) >= 11 is 6.16. The van der Waals surface area contributed by atoms with Gasteiger partial charge in [0.05, 0.1) is 12.3 Å². The van der Waals surface area contributed by atoms with E-state index >= 15 is 0 Å². The maximum absolute atomic E-state index is 13.0. The van der Waals surface area contributed by atoms with Crippen molar-refractivity contribution in [2.24, 2.45) is 5.16 Å². The van der Waals surface area contributed by atoms with Gasteiger partial charge in [-0.1, -0.05) is 47.1 Å². The highest BCUT2D eigenvalue weighted by molar-refractivity contribution is 6.31. The third-order valence-corrected chi connectivity index (χ3v) is 4.69. The van der Waals surface area contributed by atoms with Crippen LogP contribution < -0.4 is 5.32 Å². The normalized spacial score (nSPS) is 15.8. The Morgan fingerprint density at radius 1 is 1.21 bits per heavy atom. The summed E-state index contributed by atoms with van der Waals surface area (Å²) in [5, 5.41) is 11.7. The lowest BCUT2D eigenvalue weighted by molar-refractivity contribution is -0.125. The van der Waals surface area contributed by atoms with Crippen LogP contribution in [0.25, 0.3) is 0 Å². The fourth-order valence-electron chi connectivity index (χ4n) is 2.86. The molecule has 1 aromatic heterocycles. The van der Waals surface area contributed by atoms with Gasteiger partial charge in [0.2, 0.25) is 6.10 Å². The van der Waals surface area contributed by atoms with Gasteiger partial charge >= 0.3 is 0 Å². The Hall–Kier alpha value is -3.19. The summed E-state index contributed by atoms with van der Waals surface area (Å²) in [4.78, 5) is 17.7. The minimum Gasteiger partial charge on any atom is -0.382 e. The second kappa shape index (κ2) is 7.82. The van der Waals surface area contributed by atoms with Gasteiger partial charge < -0.3 is 10.2 Å². The van der Waals surface area contributed by atoms with Gasteiger partial charge in [0.25, 0.3) is 5.91 Å². The highest BCUT2D eigenvalue weighted by Crippen LogP contribution is 2.19. The van der Waals surface area contributed by atoms with Gasteiger partial charge in [-0.15, -0.1) is 0 Å². The van der Waals surface area contributed by atoms with E-state index in [1.54, 1.807) is 29.1 Å². The molecule has 1 N–H and O–H groups in total.